The summed E-state index contributed by atoms with van der Waals surface area (Å²) in [6, 6.07) is 6.34. The molecule has 0 aliphatic rings. The van der Waals surface area contributed by atoms with E-state index in [0.29, 0.717) is 21.3 Å². The van der Waals surface area contributed by atoms with Crippen molar-refractivity contribution in [3.8, 4) is 11.3 Å². The summed E-state index contributed by atoms with van der Waals surface area (Å²) in [6.45, 7) is 0. The predicted molar refractivity (Wildman–Crippen MR) is 71.7 cm³/mol. The number of carboxylic acid groups (broad SMARTS) is 1. The van der Waals surface area contributed by atoms with Crippen LogP contribution in [0.5, 0.6) is 0 Å². The molecule has 0 bridgehead atoms. The quantitative estimate of drug-likeness (QED) is 0.894. The minimum atomic E-state index is -1.11. The minimum Gasteiger partial charge on any atom is -0.478 e. The van der Waals surface area contributed by atoms with Crippen LogP contribution < -0.4 is 0 Å². The number of hydrogen-bond donors (Lipinski definition) is 1. The first kappa shape index (κ1) is 13.1. The van der Waals surface area contributed by atoms with E-state index in [1.807, 2.05) is 0 Å². The van der Waals surface area contributed by atoms with E-state index in [9.17, 15) is 4.79 Å². The maximum absolute atomic E-state index is 11.0. The van der Waals surface area contributed by atoms with Gasteiger partial charge in [0, 0.05) is 11.8 Å². The van der Waals surface area contributed by atoms with Gasteiger partial charge in [-0.05, 0) is 18.2 Å². The van der Waals surface area contributed by atoms with Crippen LogP contribution in [-0.4, -0.2) is 16.1 Å². The number of carbonyl (C=O) groups is 1. The van der Waals surface area contributed by atoms with Gasteiger partial charge in [0.05, 0.1) is 26.3 Å². The molecule has 0 atom stereocenters. The minimum absolute atomic E-state index is 0.00672. The van der Waals surface area contributed by atoms with Crippen molar-refractivity contribution in [2.24, 2.45) is 0 Å². The summed E-state index contributed by atoms with van der Waals surface area (Å²) in [6.07, 6.45) is 1.29. The van der Waals surface area contributed by atoms with Crippen LogP contribution in [0.4, 0.5) is 0 Å². The smallest absolute Gasteiger partial charge is 0.337 e. The standard InChI is InChI=1S/C12H6Cl3NO2/c13-8-2-1-6(3-9(8)14)11-4-7(12(17)18)10(15)5-16-11/h1-5H,(H,17,18). The maximum atomic E-state index is 11.0. The number of aromatic nitrogens is 1. The summed E-state index contributed by atoms with van der Waals surface area (Å²) in [5, 5.41) is 9.87. The molecule has 1 N–H and O–H groups in total. The number of aromatic carboxylic acids is 1. The van der Waals surface area contributed by atoms with E-state index >= 15 is 0 Å². The second-order valence-corrected chi connectivity index (χ2v) is 4.71. The molecule has 1 aromatic carbocycles. The zero-order chi connectivity index (χ0) is 13.3. The van der Waals surface area contributed by atoms with Gasteiger partial charge in [0.2, 0.25) is 0 Å². The molecule has 0 aliphatic heterocycles. The first-order valence-electron chi connectivity index (χ1n) is 4.83. The molecule has 0 saturated carbocycles. The van der Waals surface area contributed by atoms with E-state index in [1.54, 1.807) is 18.2 Å². The fraction of sp³-hybridized carbons (Fsp3) is 0. The van der Waals surface area contributed by atoms with Crippen LogP contribution in [-0.2, 0) is 0 Å². The fourth-order valence-electron chi connectivity index (χ4n) is 1.42. The zero-order valence-corrected chi connectivity index (χ0v) is 11.1. The zero-order valence-electron chi connectivity index (χ0n) is 8.82. The van der Waals surface area contributed by atoms with Gasteiger partial charge in [-0.1, -0.05) is 40.9 Å². The van der Waals surface area contributed by atoms with Gasteiger partial charge in [-0.3, -0.25) is 4.98 Å². The Bertz CT molecular complexity index is 629. The van der Waals surface area contributed by atoms with Crippen LogP contribution >= 0.6 is 34.8 Å². The van der Waals surface area contributed by atoms with Crippen molar-refractivity contribution in [2.75, 3.05) is 0 Å². The Morgan fingerprint density at radius 3 is 2.39 bits per heavy atom. The molecule has 1 heterocycles. The van der Waals surface area contributed by atoms with E-state index < -0.39 is 5.97 Å². The average Bonchev–Trinajstić information content (AvgIpc) is 2.33. The van der Waals surface area contributed by atoms with Crippen molar-refractivity contribution < 1.29 is 9.90 Å². The van der Waals surface area contributed by atoms with Gasteiger partial charge in [0.15, 0.2) is 0 Å². The molecule has 0 radical (unpaired) electrons. The van der Waals surface area contributed by atoms with E-state index in [2.05, 4.69) is 4.98 Å². The number of carboxylic acids is 1. The Kier molecular flexibility index (Phi) is 3.76. The molecule has 0 aliphatic carbocycles. The summed E-state index contributed by atoms with van der Waals surface area (Å²) in [4.78, 5) is 15.0. The Balaban J connectivity index is 2.54. The second kappa shape index (κ2) is 5.14. The van der Waals surface area contributed by atoms with Crippen LogP contribution in [0.15, 0.2) is 30.5 Å². The number of benzene rings is 1. The van der Waals surface area contributed by atoms with Gasteiger partial charge < -0.3 is 5.11 Å². The molecule has 92 valence electrons. The maximum Gasteiger partial charge on any atom is 0.337 e. The normalized spacial score (nSPS) is 10.4. The molecule has 0 amide bonds. The van der Waals surface area contributed by atoms with Gasteiger partial charge in [-0.25, -0.2) is 4.79 Å². The highest BCUT2D eigenvalue weighted by molar-refractivity contribution is 6.42. The van der Waals surface area contributed by atoms with Gasteiger partial charge in [0.1, 0.15) is 0 Å². The Labute approximate surface area is 118 Å². The number of pyridine rings is 1. The lowest BCUT2D eigenvalue weighted by Gasteiger charge is -2.05. The van der Waals surface area contributed by atoms with Gasteiger partial charge in [-0.15, -0.1) is 0 Å². The van der Waals surface area contributed by atoms with Crippen molar-refractivity contribution in [2.45, 2.75) is 0 Å². The molecule has 0 unspecified atom stereocenters. The van der Waals surface area contributed by atoms with E-state index in [-0.39, 0.29) is 10.6 Å². The van der Waals surface area contributed by atoms with Crippen molar-refractivity contribution in [3.05, 3.63) is 51.1 Å². The molecule has 0 fully saturated rings. The van der Waals surface area contributed by atoms with E-state index in [4.69, 9.17) is 39.9 Å². The molecule has 1 aromatic heterocycles. The van der Waals surface area contributed by atoms with Crippen LogP contribution in [0.2, 0.25) is 15.1 Å². The van der Waals surface area contributed by atoms with Crippen LogP contribution in [0.25, 0.3) is 11.3 Å². The van der Waals surface area contributed by atoms with Crippen molar-refractivity contribution in [3.63, 3.8) is 0 Å². The molecule has 0 saturated heterocycles. The summed E-state index contributed by atoms with van der Waals surface area (Å²) in [5.74, 6) is -1.11. The highest BCUT2D eigenvalue weighted by Gasteiger charge is 2.12. The number of rotatable bonds is 2. The van der Waals surface area contributed by atoms with Crippen molar-refractivity contribution >= 4 is 40.8 Å². The average molecular weight is 303 g/mol. The third-order valence-corrected chi connectivity index (χ3v) is 3.34. The molecule has 2 rings (SSSR count). The fourth-order valence-corrected chi connectivity index (χ4v) is 1.90. The molecule has 3 nitrogen and oxygen atoms in total. The van der Waals surface area contributed by atoms with Gasteiger partial charge >= 0.3 is 5.97 Å². The topological polar surface area (TPSA) is 50.2 Å². The van der Waals surface area contributed by atoms with Gasteiger partial charge in [-0.2, -0.15) is 0 Å². The van der Waals surface area contributed by atoms with Crippen LogP contribution in [0.3, 0.4) is 0 Å². The summed E-state index contributed by atoms with van der Waals surface area (Å²) in [7, 11) is 0. The molecule has 18 heavy (non-hydrogen) atoms. The Morgan fingerprint density at radius 1 is 1.06 bits per heavy atom. The highest BCUT2D eigenvalue weighted by atomic mass is 35.5. The van der Waals surface area contributed by atoms with Crippen molar-refractivity contribution in [1.82, 2.24) is 4.98 Å². The van der Waals surface area contributed by atoms with Crippen LogP contribution in [0.1, 0.15) is 10.4 Å². The SMILES string of the molecule is O=C(O)c1cc(-c2ccc(Cl)c(Cl)c2)ncc1Cl. The van der Waals surface area contributed by atoms with Gasteiger partial charge in [0.25, 0.3) is 0 Å². The summed E-state index contributed by atoms with van der Waals surface area (Å²) >= 11 is 17.4. The number of nitrogens with zero attached hydrogens (tertiary/aromatic N) is 1. The van der Waals surface area contributed by atoms with Crippen molar-refractivity contribution in [1.29, 1.82) is 0 Å². The molecular weight excluding hydrogens is 296 g/mol. The highest BCUT2D eigenvalue weighted by Crippen LogP contribution is 2.29. The Hall–Kier alpha value is -1.29. The van der Waals surface area contributed by atoms with E-state index in [0.717, 1.165) is 0 Å². The lowest BCUT2D eigenvalue weighted by molar-refractivity contribution is 0.0697. The number of halogens is 3. The molecular formula is C12H6Cl3NO2. The first-order valence-corrected chi connectivity index (χ1v) is 5.96. The Morgan fingerprint density at radius 2 is 1.78 bits per heavy atom. The molecule has 0 spiro atoms. The molecule has 6 heteroatoms. The first-order chi connectivity index (χ1) is 8.49. The summed E-state index contributed by atoms with van der Waals surface area (Å²) < 4.78 is 0. The molecule has 2 aromatic rings. The lowest BCUT2D eigenvalue weighted by Crippen LogP contribution is -1.99. The van der Waals surface area contributed by atoms with Crippen LogP contribution in [0, 0.1) is 0 Å². The summed E-state index contributed by atoms with van der Waals surface area (Å²) in [5.41, 5.74) is 1.13. The predicted octanol–water partition coefficient (Wildman–Crippen LogP) is 4.41. The monoisotopic (exact) mass is 301 g/mol. The third-order valence-electron chi connectivity index (χ3n) is 2.30. The number of hydrogen-bond acceptors (Lipinski definition) is 2. The van der Waals surface area contributed by atoms with E-state index in [1.165, 1.54) is 12.3 Å². The lowest BCUT2D eigenvalue weighted by atomic mass is 10.1. The third kappa shape index (κ3) is 2.58. The second-order valence-electron chi connectivity index (χ2n) is 3.48. The largest absolute Gasteiger partial charge is 0.478 e.